The fourth-order valence-corrected chi connectivity index (χ4v) is 13.8. The topological polar surface area (TPSA) is 53.4 Å². The Morgan fingerprint density at radius 1 is 0.730 bits per heavy atom. The molecule has 3 aliphatic heterocycles. The molecule has 4 heterocycles. The van der Waals surface area contributed by atoms with Crippen molar-refractivity contribution < 1.29 is 0 Å². The Labute approximate surface area is 377 Å². The van der Waals surface area contributed by atoms with E-state index in [1.165, 1.54) is 92.3 Å². The number of hydrogen-bond acceptors (Lipinski definition) is 5. The fraction of sp³-hybridized carbons (Fsp3) is 0.351. The van der Waals surface area contributed by atoms with Gasteiger partial charge in [0.15, 0.2) is 0 Å². The molecule has 5 nitrogen and oxygen atoms in total. The van der Waals surface area contributed by atoms with Crippen molar-refractivity contribution in [1.29, 1.82) is 0 Å². The van der Waals surface area contributed by atoms with Gasteiger partial charge in [0.05, 0.1) is 11.0 Å². The lowest BCUT2D eigenvalue weighted by atomic mass is 9.73. The molecule has 0 saturated carbocycles. The molecular formula is C57H59N5S. The highest BCUT2D eigenvalue weighted by molar-refractivity contribution is 8.00. The van der Waals surface area contributed by atoms with Crippen LogP contribution in [0, 0.1) is 17.8 Å². The van der Waals surface area contributed by atoms with E-state index in [1.54, 1.807) is 5.57 Å². The minimum atomic E-state index is -0.509. The highest BCUT2D eigenvalue weighted by Crippen LogP contribution is 2.56. The van der Waals surface area contributed by atoms with Crippen LogP contribution in [0.4, 0.5) is 0 Å². The zero-order chi connectivity index (χ0) is 41.9. The Morgan fingerprint density at radius 3 is 2.43 bits per heavy atom. The summed E-state index contributed by atoms with van der Waals surface area (Å²) in [6, 6.07) is 25.0. The van der Waals surface area contributed by atoms with Crippen molar-refractivity contribution in [2.24, 2.45) is 22.7 Å². The summed E-state index contributed by atoms with van der Waals surface area (Å²) < 4.78 is 2.60. The third-order valence-corrected chi connectivity index (χ3v) is 16.7. The Morgan fingerprint density at radius 2 is 1.59 bits per heavy atom. The first-order valence-corrected chi connectivity index (χ1v) is 24.8. The van der Waals surface area contributed by atoms with Gasteiger partial charge in [-0.3, -0.25) is 5.32 Å². The van der Waals surface area contributed by atoms with Crippen molar-refractivity contribution in [2.75, 3.05) is 6.54 Å². The van der Waals surface area contributed by atoms with Crippen molar-refractivity contribution >= 4 is 45.1 Å². The summed E-state index contributed by atoms with van der Waals surface area (Å²) in [5.41, 5.74) is 12.1. The molecule has 0 bridgehead atoms. The number of hydrogen-bond donors (Lipinski definition) is 3. The van der Waals surface area contributed by atoms with Crippen LogP contribution in [0.15, 0.2) is 178 Å². The molecule has 63 heavy (non-hydrogen) atoms. The van der Waals surface area contributed by atoms with Crippen LogP contribution in [0.1, 0.15) is 88.2 Å². The Balaban J connectivity index is 0.989. The maximum absolute atomic E-state index is 5.74. The quantitative estimate of drug-likeness (QED) is 0.162. The van der Waals surface area contributed by atoms with E-state index < -0.39 is 5.66 Å². The van der Waals surface area contributed by atoms with Gasteiger partial charge in [0.1, 0.15) is 17.7 Å². The molecule has 4 aromatic rings. The second kappa shape index (κ2) is 16.4. The molecule has 0 spiro atoms. The van der Waals surface area contributed by atoms with E-state index in [1.807, 2.05) is 0 Å². The lowest BCUT2D eigenvalue weighted by Crippen LogP contribution is -2.64. The molecule has 5 aliphatic carbocycles. The van der Waals surface area contributed by atoms with E-state index in [0.29, 0.717) is 17.1 Å². The lowest BCUT2D eigenvalue weighted by molar-refractivity contribution is 0.220. The molecule has 6 heteroatoms. The third-order valence-electron chi connectivity index (χ3n) is 15.4. The predicted octanol–water partition coefficient (Wildman–Crippen LogP) is 12.7. The monoisotopic (exact) mass is 845 g/mol. The van der Waals surface area contributed by atoms with E-state index >= 15 is 0 Å². The first-order chi connectivity index (χ1) is 31.1. The van der Waals surface area contributed by atoms with Crippen molar-refractivity contribution in [3.8, 4) is 0 Å². The van der Waals surface area contributed by atoms with Gasteiger partial charge >= 0.3 is 0 Å². The molecule has 3 N–H and O–H groups in total. The van der Waals surface area contributed by atoms with Gasteiger partial charge in [-0.05, 0) is 129 Å². The first kappa shape index (κ1) is 39.5. The predicted molar refractivity (Wildman–Crippen MR) is 265 cm³/mol. The lowest BCUT2D eigenvalue weighted by Gasteiger charge is -2.47. The average Bonchev–Trinajstić information content (AvgIpc) is 3.91. The van der Waals surface area contributed by atoms with Crippen molar-refractivity contribution in [2.45, 2.75) is 105 Å². The summed E-state index contributed by atoms with van der Waals surface area (Å²) in [6.45, 7) is 3.19. The fourth-order valence-electron chi connectivity index (χ4n) is 12.2. The maximum Gasteiger partial charge on any atom is 0.127 e. The molecule has 0 saturated heterocycles. The highest BCUT2D eigenvalue weighted by atomic mass is 32.2. The largest absolute Gasteiger partial charge is 0.348 e. The van der Waals surface area contributed by atoms with E-state index in [2.05, 4.69) is 185 Å². The standard InChI is InChI=1S/C57H59N5S/c1-57(42-24-10-4-11-25-42)60-55(38-20-8-3-9-21-38)59-56(61-57)48-35-41(40-23-16-22-39(34-40)37-18-6-2-7-19-37)36-58-52(48)46-29-17-31-50-51(46)47-33-32-45-44-28-14-15-30-49(44)62(53(45)54(47)63-50)43-26-12-5-13-27-43/h3-6,8,10-12,14-15,17-18,20,24-26,28-35,37,39,48,50-52,56,58,61H,2,7,9,13,16,19,21-23,27,36H2,1H3,(H,59,60). The van der Waals surface area contributed by atoms with Gasteiger partial charge in [0, 0.05) is 51.0 Å². The minimum Gasteiger partial charge on any atom is -0.348 e. The van der Waals surface area contributed by atoms with E-state index in [9.17, 15) is 0 Å². The van der Waals surface area contributed by atoms with Gasteiger partial charge in [-0.15, -0.1) is 11.8 Å². The number of nitrogens with zero attached hydrogens (tertiary/aromatic N) is 2. The number of amidine groups is 1. The molecule has 0 amide bonds. The van der Waals surface area contributed by atoms with Gasteiger partial charge < -0.3 is 15.2 Å². The summed E-state index contributed by atoms with van der Waals surface area (Å²) in [7, 11) is 0. The number of nitrogens with one attached hydrogen (secondary N) is 3. The van der Waals surface area contributed by atoms with Gasteiger partial charge in [-0.25, -0.2) is 4.99 Å². The Hall–Kier alpha value is -5.14. The molecule has 3 aromatic carbocycles. The number of rotatable bonds is 7. The smallest absolute Gasteiger partial charge is 0.127 e. The van der Waals surface area contributed by atoms with Crippen LogP contribution in [-0.4, -0.2) is 34.4 Å². The number of para-hydroxylation sites is 1. The Kier molecular flexibility index (Phi) is 10.3. The van der Waals surface area contributed by atoms with Crippen LogP contribution in [0.25, 0.3) is 27.5 Å². The number of benzene rings is 3. The van der Waals surface area contributed by atoms with E-state index in [4.69, 9.17) is 4.99 Å². The first-order valence-electron chi connectivity index (χ1n) is 23.9. The molecule has 0 radical (unpaired) electrons. The van der Waals surface area contributed by atoms with E-state index in [-0.39, 0.29) is 24.0 Å². The molecule has 318 valence electrons. The number of fused-ring (bicyclic) bond motifs is 7. The van der Waals surface area contributed by atoms with Crippen molar-refractivity contribution in [1.82, 2.24) is 20.5 Å². The summed E-state index contributed by atoms with van der Waals surface area (Å²) in [6.07, 6.45) is 42.9. The average molecular weight is 846 g/mol. The number of allylic oxidation sites excluding steroid dienone is 12. The summed E-state index contributed by atoms with van der Waals surface area (Å²) >= 11 is 2.08. The molecule has 12 rings (SSSR count). The second-order valence-electron chi connectivity index (χ2n) is 19.2. The van der Waals surface area contributed by atoms with Gasteiger partial charge in [-0.2, -0.15) is 0 Å². The van der Waals surface area contributed by atoms with Crippen molar-refractivity contribution in [3.05, 3.63) is 179 Å². The van der Waals surface area contributed by atoms with Gasteiger partial charge in [0.25, 0.3) is 0 Å². The van der Waals surface area contributed by atoms with Crippen molar-refractivity contribution in [3.63, 3.8) is 0 Å². The number of aliphatic imine (C=N–C) groups is 1. The Bertz CT molecular complexity index is 2790. The molecule has 8 unspecified atom stereocenters. The molecule has 8 aliphatic rings. The van der Waals surface area contributed by atoms with Crippen LogP contribution in [0.3, 0.4) is 0 Å². The van der Waals surface area contributed by atoms with Crippen LogP contribution in [-0.2, 0) is 5.66 Å². The maximum atomic E-state index is 5.74. The zero-order valence-electron chi connectivity index (χ0n) is 36.5. The van der Waals surface area contributed by atoms with Gasteiger partial charge in [0.2, 0.25) is 0 Å². The van der Waals surface area contributed by atoms with E-state index in [0.717, 1.165) is 44.5 Å². The molecule has 0 fully saturated rings. The third kappa shape index (κ3) is 7.04. The van der Waals surface area contributed by atoms with Crippen LogP contribution in [0.2, 0.25) is 0 Å². The minimum absolute atomic E-state index is 0.0753. The summed E-state index contributed by atoms with van der Waals surface area (Å²) in [5, 5.41) is 15.4. The summed E-state index contributed by atoms with van der Waals surface area (Å²) in [5.74, 6) is 2.66. The SMILES string of the molecule is CC1(c2ccccc2)NC(C2=CC=CCC2)=NC(C2C=C(C3=CC(C4C=CCCC4)CCC3)CNC2C2=CC=CC3Sc4c(ccc5c6ccccc6n(C6=CC=CCC6)c45)C23)N1. The van der Waals surface area contributed by atoms with Crippen LogP contribution in [0.5, 0.6) is 0 Å². The highest BCUT2D eigenvalue weighted by Gasteiger charge is 2.46. The number of aromatic nitrogens is 1. The van der Waals surface area contributed by atoms with Crippen LogP contribution < -0.4 is 16.0 Å². The number of thioether (sulfide) groups is 1. The molecule has 1 aromatic heterocycles. The second-order valence-corrected chi connectivity index (χ2v) is 20.4. The van der Waals surface area contributed by atoms with Gasteiger partial charge in [-0.1, -0.05) is 134 Å². The zero-order valence-corrected chi connectivity index (χ0v) is 37.3. The molecular weight excluding hydrogens is 787 g/mol. The molecule has 8 atom stereocenters. The summed E-state index contributed by atoms with van der Waals surface area (Å²) in [4.78, 5) is 7.18. The normalized spacial score (nSPS) is 31.3. The van der Waals surface area contributed by atoms with Crippen LogP contribution >= 0.6 is 11.8 Å².